The van der Waals surface area contributed by atoms with Crippen molar-refractivity contribution >= 4 is 27.9 Å². The molecule has 156 valence electrons. The van der Waals surface area contributed by atoms with Crippen molar-refractivity contribution in [3.05, 3.63) is 35.4 Å². The summed E-state index contributed by atoms with van der Waals surface area (Å²) in [6.45, 7) is 9.53. The number of fused-ring (bicyclic) bond motifs is 1. The van der Waals surface area contributed by atoms with Crippen molar-refractivity contribution in [1.82, 2.24) is 0 Å². The van der Waals surface area contributed by atoms with E-state index in [0.29, 0.717) is 13.2 Å². The summed E-state index contributed by atoms with van der Waals surface area (Å²) >= 11 is -2.83. The molecule has 4 heteroatoms. The van der Waals surface area contributed by atoms with Crippen molar-refractivity contribution in [1.29, 1.82) is 0 Å². The second-order valence-electron chi connectivity index (χ2n) is 7.95. The van der Waals surface area contributed by atoms with Crippen LogP contribution in [0.15, 0.2) is 29.8 Å². The molecule has 0 saturated carbocycles. The summed E-state index contributed by atoms with van der Waals surface area (Å²) in [6, 6.07) is 8.37. The molecule has 0 aromatic heterocycles. The quantitative estimate of drug-likeness (QED) is 0.238. The summed E-state index contributed by atoms with van der Waals surface area (Å²) in [5.74, 6) is 0.800. The molecule has 0 amide bonds. The predicted molar refractivity (Wildman–Crippen MR) is 120 cm³/mol. The number of hydrogen-bond acceptors (Lipinski definition) is 3. The van der Waals surface area contributed by atoms with Gasteiger partial charge in [-0.15, -0.1) is 0 Å². The zero-order valence-corrected chi connectivity index (χ0v) is 21.2. The van der Waals surface area contributed by atoms with Crippen LogP contribution in [0.5, 0.6) is 5.75 Å². The molecular weight excluding hydrogens is 455 g/mol. The van der Waals surface area contributed by atoms with Crippen molar-refractivity contribution in [3.63, 3.8) is 0 Å². The van der Waals surface area contributed by atoms with Gasteiger partial charge in [0.15, 0.2) is 0 Å². The Hall–Kier alpha value is -0.971. The minimum atomic E-state index is -2.83. The van der Waals surface area contributed by atoms with Gasteiger partial charge in [-0.05, 0) is 0 Å². The molecule has 3 nitrogen and oxygen atoms in total. The van der Waals surface area contributed by atoms with Crippen molar-refractivity contribution in [2.75, 3.05) is 13.2 Å². The van der Waals surface area contributed by atoms with Gasteiger partial charge in [0.25, 0.3) is 0 Å². The van der Waals surface area contributed by atoms with Gasteiger partial charge in [-0.25, -0.2) is 0 Å². The number of carbonyl (C=O) groups excluding carboxylic acids is 1. The standard InChI is InChI=1S/C12H11O3.3C4H9.Sn/c1-2-14-12(13)10-7-9-5-3-4-6-11(9)15-8-10;3*1-3-4-2;/h3-6H,2,8H2,1H3;3*1,3-4H2,2H3;. The van der Waals surface area contributed by atoms with Crippen LogP contribution < -0.4 is 4.74 Å². The Bertz CT molecular complexity index is 644. The number of benzene rings is 1. The van der Waals surface area contributed by atoms with Crippen molar-refractivity contribution in [2.45, 2.75) is 79.5 Å². The van der Waals surface area contributed by atoms with Crippen LogP contribution in [-0.4, -0.2) is 37.6 Å². The fourth-order valence-electron chi connectivity index (χ4n) is 4.46. The molecule has 1 aliphatic heterocycles. The number of para-hydroxylation sites is 1. The Morgan fingerprint density at radius 1 is 0.964 bits per heavy atom. The molecule has 0 bridgehead atoms. The monoisotopic (exact) mass is 494 g/mol. The topological polar surface area (TPSA) is 35.5 Å². The van der Waals surface area contributed by atoms with E-state index in [1.54, 1.807) is 0 Å². The summed E-state index contributed by atoms with van der Waals surface area (Å²) in [5.41, 5.74) is 2.02. The molecule has 0 N–H and O–H groups in total. The maximum absolute atomic E-state index is 13.0. The number of rotatable bonds is 12. The summed E-state index contributed by atoms with van der Waals surface area (Å²) < 4.78 is 16.9. The first kappa shape index (κ1) is 23.3. The first-order valence-electron chi connectivity index (χ1n) is 11.3. The molecule has 1 aliphatic rings. The molecule has 0 atom stereocenters. The molecule has 0 fully saturated rings. The number of ether oxygens (including phenoxy) is 2. The Kier molecular flexibility index (Phi) is 9.90. The molecule has 2 rings (SSSR count). The van der Waals surface area contributed by atoms with Crippen molar-refractivity contribution in [2.24, 2.45) is 0 Å². The zero-order valence-electron chi connectivity index (χ0n) is 18.3. The molecule has 1 heterocycles. The normalized spacial score (nSPS) is 13.9. The van der Waals surface area contributed by atoms with Crippen LogP contribution in [0.3, 0.4) is 0 Å². The van der Waals surface area contributed by atoms with E-state index in [2.05, 4.69) is 39.0 Å². The van der Waals surface area contributed by atoms with Gasteiger partial charge in [0.2, 0.25) is 0 Å². The third kappa shape index (κ3) is 5.55. The number of hydrogen-bond donors (Lipinski definition) is 0. The van der Waals surface area contributed by atoms with E-state index in [0.717, 1.165) is 11.3 Å². The Balaban J connectivity index is 2.66. The summed E-state index contributed by atoms with van der Waals surface area (Å²) in [4.78, 5) is 13.0. The number of carbonyl (C=O) groups is 1. The molecule has 28 heavy (non-hydrogen) atoms. The first-order chi connectivity index (χ1) is 13.6. The van der Waals surface area contributed by atoms with Crippen molar-refractivity contribution in [3.8, 4) is 5.75 Å². The van der Waals surface area contributed by atoms with Gasteiger partial charge >= 0.3 is 176 Å². The average Bonchev–Trinajstić information content (AvgIpc) is 2.73. The average molecular weight is 493 g/mol. The van der Waals surface area contributed by atoms with E-state index < -0.39 is 18.4 Å². The van der Waals surface area contributed by atoms with Gasteiger partial charge in [0.1, 0.15) is 0 Å². The fourth-order valence-corrected chi connectivity index (χ4v) is 22.1. The van der Waals surface area contributed by atoms with Gasteiger partial charge in [-0.1, -0.05) is 0 Å². The molecule has 0 saturated heterocycles. The predicted octanol–water partition coefficient (Wildman–Crippen LogP) is 6.78. The Labute approximate surface area is 175 Å². The van der Waals surface area contributed by atoms with Crippen LogP contribution in [0.25, 0.3) is 3.59 Å². The molecule has 0 aliphatic carbocycles. The molecule has 0 radical (unpaired) electrons. The van der Waals surface area contributed by atoms with Gasteiger partial charge in [-0.3, -0.25) is 0 Å². The third-order valence-electron chi connectivity index (χ3n) is 5.91. The van der Waals surface area contributed by atoms with Crippen LogP contribution >= 0.6 is 0 Å². The van der Waals surface area contributed by atoms with E-state index in [-0.39, 0.29) is 5.97 Å². The van der Waals surface area contributed by atoms with Crippen LogP contribution in [-0.2, 0) is 9.53 Å². The zero-order chi connectivity index (χ0) is 20.4. The molecule has 1 aromatic carbocycles. The second kappa shape index (κ2) is 11.9. The molecule has 0 spiro atoms. The first-order valence-corrected chi connectivity index (χ1v) is 18.7. The number of esters is 1. The fraction of sp³-hybridized carbons (Fsp3) is 0.625. The molecular formula is C24H38O3Sn. The van der Waals surface area contributed by atoms with Crippen LogP contribution in [0, 0.1) is 0 Å². The van der Waals surface area contributed by atoms with E-state index in [9.17, 15) is 4.79 Å². The second-order valence-corrected chi connectivity index (χ2v) is 21.0. The van der Waals surface area contributed by atoms with Crippen LogP contribution in [0.2, 0.25) is 13.3 Å². The van der Waals surface area contributed by atoms with Gasteiger partial charge in [-0.2, -0.15) is 0 Å². The van der Waals surface area contributed by atoms with E-state index in [1.807, 2.05) is 13.0 Å². The summed E-state index contributed by atoms with van der Waals surface area (Å²) in [6.07, 6.45) is 7.47. The maximum atomic E-state index is 13.0. The Morgan fingerprint density at radius 3 is 2.07 bits per heavy atom. The van der Waals surface area contributed by atoms with E-state index >= 15 is 0 Å². The SMILES string of the molecule is CCC[CH2][Sn]([CH2]CCC)([CH2]CCC)[C]1=C(C(=O)OCC)COc2ccccc21. The van der Waals surface area contributed by atoms with Gasteiger partial charge < -0.3 is 0 Å². The number of unbranched alkanes of at least 4 members (excludes halogenated alkanes) is 3. The van der Waals surface area contributed by atoms with Gasteiger partial charge in [0, 0.05) is 0 Å². The summed E-state index contributed by atoms with van der Waals surface area (Å²) in [7, 11) is 0. The minimum absolute atomic E-state index is 0.155. The Morgan fingerprint density at radius 2 is 1.54 bits per heavy atom. The van der Waals surface area contributed by atoms with Crippen LogP contribution in [0.4, 0.5) is 0 Å². The summed E-state index contributed by atoms with van der Waals surface area (Å²) in [5, 5.41) is 0. The van der Waals surface area contributed by atoms with E-state index in [1.165, 1.54) is 61.0 Å². The third-order valence-corrected chi connectivity index (χ3v) is 21.8. The molecule has 1 aromatic rings. The van der Waals surface area contributed by atoms with Crippen molar-refractivity contribution < 1.29 is 14.3 Å². The molecule has 0 unspecified atom stereocenters. The van der Waals surface area contributed by atoms with Gasteiger partial charge in [0.05, 0.1) is 0 Å². The van der Waals surface area contributed by atoms with E-state index in [4.69, 9.17) is 9.47 Å². The van der Waals surface area contributed by atoms with Crippen LogP contribution in [0.1, 0.15) is 71.8 Å².